The molecule has 2 aromatic rings. The predicted octanol–water partition coefficient (Wildman–Crippen LogP) is 3.63. The Labute approximate surface area is 130 Å². The van der Waals surface area contributed by atoms with Crippen molar-refractivity contribution in [3.8, 4) is 5.75 Å². The molecular weight excluding hydrogens is 278 g/mol. The molecule has 0 aliphatic heterocycles. The van der Waals surface area contributed by atoms with Gasteiger partial charge in [0.05, 0.1) is 12.8 Å². The first-order valence-corrected chi connectivity index (χ1v) is 7.16. The van der Waals surface area contributed by atoms with Crippen molar-refractivity contribution < 1.29 is 9.53 Å². The number of urea groups is 1. The van der Waals surface area contributed by atoms with E-state index in [2.05, 4.69) is 15.8 Å². The van der Waals surface area contributed by atoms with E-state index in [9.17, 15) is 4.79 Å². The zero-order valence-electron chi connectivity index (χ0n) is 12.5. The molecule has 0 aliphatic rings. The summed E-state index contributed by atoms with van der Waals surface area (Å²) in [6.45, 7) is 2.69. The van der Waals surface area contributed by atoms with Crippen LogP contribution in [0, 0.1) is 0 Å². The molecule has 5 heteroatoms. The molecule has 22 heavy (non-hydrogen) atoms. The molecule has 0 bridgehead atoms. The van der Waals surface area contributed by atoms with E-state index in [4.69, 9.17) is 4.74 Å². The second-order valence-electron chi connectivity index (χ2n) is 4.58. The minimum atomic E-state index is -0.394. The number of nitrogens with zero attached hydrogens (tertiary/aromatic N) is 1. The first kappa shape index (κ1) is 15.6. The van der Waals surface area contributed by atoms with Crippen molar-refractivity contribution in [3.63, 3.8) is 0 Å². The normalized spacial score (nSPS) is 10.4. The SMILES string of the molecule is CCCOc1ccccc1/C=N\NC(=O)Nc1ccccc1. The Morgan fingerprint density at radius 2 is 1.86 bits per heavy atom. The lowest BCUT2D eigenvalue weighted by Gasteiger charge is -2.07. The summed E-state index contributed by atoms with van der Waals surface area (Å²) in [5, 5.41) is 6.62. The molecule has 5 nitrogen and oxygen atoms in total. The molecule has 0 aliphatic carbocycles. The van der Waals surface area contributed by atoms with Gasteiger partial charge in [-0.3, -0.25) is 0 Å². The first-order valence-electron chi connectivity index (χ1n) is 7.16. The molecule has 0 radical (unpaired) electrons. The average molecular weight is 297 g/mol. The zero-order valence-corrected chi connectivity index (χ0v) is 12.5. The molecule has 0 atom stereocenters. The van der Waals surface area contributed by atoms with Gasteiger partial charge in [0.25, 0.3) is 0 Å². The maximum atomic E-state index is 11.7. The minimum Gasteiger partial charge on any atom is -0.493 e. The second kappa shape index (κ2) is 8.46. The van der Waals surface area contributed by atoms with Crippen molar-refractivity contribution in [3.05, 3.63) is 60.2 Å². The van der Waals surface area contributed by atoms with Crippen molar-refractivity contribution in [1.82, 2.24) is 5.43 Å². The smallest absolute Gasteiger partial charge is 0.339 e. The number of carbonyl (C=O) groups excluding carboxylic acids is 1. The van der Waals surface area contributed by atoms with Crippen molar-refractivity contribution in [1.29, 1.82) is 0 Å². The molecule has 0 heterocycles. The number of rotatable bonds is 6. The molecule has 2 rings (SSSR count). The number of carbonyl (C=O) groups is 1. The lowest BCUT2D eigenvalue weighted by atomic mass is 10.2. The molecule has 0 fully saturated rings. The van der Waals surface area contributed by atoms with Gasteiger partial charge in [0, 0.05) is 11.3 Å². The fourth-order valence-corrected chi connectivity index (χ4v) is 1.77. The Kier molecular flexibility index (Phi) is 5.99. The third-order valence-corrected chi connectivity index (χ3v) is 2.78. The van der Waals surface area contributed by atoms with Gasteiger partial charge in [-0.1, -0.05) is 37.3 Å². The summed E-state index contributed by atoms with van der Waals surface area (Å²) in [5.74, 6) is 0.748. The van der Waals surface area contributed by atoms with Crippen LogP contribution >= 0.6 is 0 Å². The number of ether oxygens (including phenoxy) is 1. The van der Waals surface area contributed by atoms with Crippen molar-refractivity contribution >= 4 is 17.9 Å². The lowest BCUT2D eigenvalue weighted by Crippen LogP contribution is -2.24. The highest BCUT2D eigenvalue weighted by atomic mass is 16.5. The quantitative estimate of drug-likeness (QED) is 0.631. The zero-order chi connectivity index (χ0) is 15.6. The Morgan fingerprint density at radius 3 is 2.64 bits per heavy atom. The average Bonchev–Trinajstić information content (AvgIpc) is 2.55. The monoisotopic (exact) mass is 297 g/mol. The van der Waals surface area contributed by atoms with Crippen LogP contribution in [-0.4, -0.2) is 18.9 Å². The highest BCUT2D eigenvalue weighted by molar-refractivity contribution is 5.90. The number of hydrogen-bond donors (Lipinski definition) is 2. The number of hydrazone groups is 1. The summed E-state index contributed by atoms with van der Waals surface area (Å²) in [5.41, 5.74) is 3.95. The summed E-state index contributed by atoms with van der Waals surface area (Å²) in [7, 11) is 0. The number of para-hydroxylation sites is 2. The molecule has 2 N–H and O–H groups in total. The van der Waals surface area contributed by atoms with Gasteiger partial charge in [0.15, 0.2) is 0 Å². The van der Waals surface area contributed by atoms with Crippen LogP contribution in [0.4, 0.5) is 10.5 Å². The van der Waals surface area contributed by atoms with E-state index < -0.39 is 6.03 Å². The number of hydrogen-bond acceptors (Lipinski definition) is 3. The fourth-order valence-electron chi connectivity index (χ4n) is 1.77. The van der Waals surface area contributed by atoms with Crippen LogP contribution in [0.15, 0.2) is 59.7 Å². The van der Waals surface area contributed by atoms with Gasteiger partial charge in [0.1, 0.15) is 5.75 Å². The van der Waals surface area contributed by atoms with E-state index in [1.165, 1.54) is 0 Å². The van der Waals surface area contributed by atoms with Crippen LogP contribution in [0.1, 0.15) is 18.9 Å². The summed E-state index contributed by atoms with van der Waals surface area (Å²) in [6, 6.07) is 16.3. The molecule has 114 valence electrons. The second-order valence-corrected chi connectivity index (χ2v) is 4.58. The molecule has 0 spiro atoms. The Balaban J connectivity index is 1.91. The Morgan fingerprint density at radius 1 is 1.14 bits per heavy atom. The number of nitrogens with one attached hydrogen (secondary N) is 2. The number of benzene rings is 2. The molecule has 2 aromatic carbocycles. The first-order chi connectivity index (χ1) is 10.8. The lowest BCUT2D eigenvalue weighted by molar-refractivity contribution is 0.252. The standard InChI is InChI=1S/C17H19N3O2/c1-2-12-22-16-11-7-6-8-14(16)13-18-20-17(21)19-15-9-4-3-5-10-15/h3-11,13H,2,12H2,1H3,(H2,19,20,21)/b18-13-. The molecule has 0 saturated carbocycles. The third-order valence-electron chi connectivity index (χ3n) is 2.78. The topological polar surface area (TPSA) is 62.7 Å². The fraction of sp³-hybridized carbons (Fsp3) is 0.176. The third kappa shape index (κ3) is 4.94. The van der Waals surface area contributed by atoms with Gasteiger partial charge in [0.2, 0.25) is 0 Å². The van der Waals surface area contributed by atoms with E-state index in [0.717, 1.165) is 17.7 Å². The minimum absolute atomic E-state index is 0.394. The predicted molar refractivity (Wildman–Crippen MR) is 88.4 cm³/mol. The van der Waals surface area contributed by atoms with Gasteiger partial charge in [-0.05, 0) is 30.7 Å². The van der Waals surface area contributed by atoms with E-state index in [1.807, 2.05) is 49.4 Å². The van der Waals surface area contributed by atoms with Crippen LogP contribution in [0.3, 0.4) is 0 Å². The van der Waals surface area contributed by atoms with Crippen LogP contribution in [0.5, 0.6) is 5.75 Å². The Bertz CT molecular complexity index is 627. The number of amides is 2. The van der Waals surface area contributed by atoms with E-state index in [0.29, 0.717) is 12.3 Å². The van der Waals surface area contributed by atoms with E-state index >= 15 is 0 Å². The van der Waals surface area contributed by atoms with Crippen LogP contribution in [0.2, 0.25) is 0 Å². The van der Waals surface area contributed by atoms with Crippen LogP contribution in [-0.2, 0) is 0 Å². The molecule has 0 unspecified atom stereocenters. The summed E-state index contributed by atoms with van der Waals surface area (Å²) < 4.78 is 5.62. The summed E-state index contributed by atoms with van der Waals surface area (Å²) >= 11 is 0. The highest BCUT2D eigenvalue weighted by Crippen LogP contribution is 2.15. The van der Waals surface area contributed by atoms with Crippen molar-refractivity contribution in [2.24, 2.45) is 5.10 Å². The maximum Gasteiger partial charge on any atom is 0.339 e. The van der Waals surface area contributed by atoms with Gasteiger partial charge in [-0.25, -0.2) is 10.2 Å². The van der Waals surface area contributed by atoms with Crippen LogP contribution < -0.4 is 15.5 Å². The number of anilines is 1. The largest absolute Gasteiger partial charge is 0.493 e. The summed E-state index contributed by atoms with van der Waals surface area (Å²) in [6.07, 6.45) is 2.50. The highest BCUT2D eigenvalue weighted by Gasteiger charge is 2.01. The Hall–Kier alpha value is -2.82. The van der Waals surface area contributed by atoms with Gasteiger partial charge >= 0.3 is 6.03 Å². The molecule has 0 saturated heterocycles. The summed E-state index contributed by atoms with van der Waals surface area (Å²) in [4.78, 5) is 11.7. The van der Waals surface area contributed by atoms with Gasteiger partial charge < -0.3 is 10.1 Å². The van der Waals surface area contributed by atoms with E-state index in [1.54, 1.807) is 18.3 Å². The maximum absolute atomic E-state index is 11.7. The molecular formula is C17H19N3O2. The van der Waals surface area contributed by atoms with Gasteiger partial charge in [-0.15, -0.1) is 0 Å². The van der Waals surface area contributed by atoms with Crippen LogP contribution in [0.25, 0.3) is 0 Å². The van der Waals surface area contributed by atoms with Gasteiger partial charge in [-0.2, -0.15) is 5.10 Å². The van der Waals surface area contributed by atoms with E-state index in [-0.39, 0.29) is 0 Å². The van der Waals surface area contributed by atoms with Crippen molar-refractivity contribution in [2.45, 2.75) is 13.3 Å². The molecule has 2 amide bonds. The molecule has 0 aromatic heterocycles. The van der Waals surface area contributed by atoms with Crippen molar-refractivity contribution in [2.75, 3.05) is 11.9 Å².